The van der Waals surface area contributed by atoms with E-state index < -0.39 is 42.6 Å². The van der Waals surface area contributed by atoms with Crippen LogP contribution in [0.3, 0.4) is 0 Å². The Morgan fingerprint density at radius 1 is 1.00 bits per heavy atom. The highest BCUT2D eigenvalue weighted by molar-refractivity contribution is 9.12. The molecule has 0 bridgehead atoms. The van der Waals surface area contributed by atoms with E-state index in [4.69, 9.17) is 4.74 Å². The number of hydrogen-bond donors (Lipinski definition) is 3. The molecule has 2 amide bonds. The van der Waals surface area contributed by atoms with Gasteiger partial charge in [0.2, 0.25) is 11.8 Å². The average Bonchev–Trinajstić information content (AvgIpc) is 3.23. The number of hydrogen-bond acceptors (Lipinski definition) is 8. The maximum atomic E-state index is 14.0. The molecule has 41 heavy (non-hydrogen) atoms. The predicted molar refractivity (Wildman–Crippen MR) is 152 cm³/mol. The van der Waals surface area contributed by atoms with Crippen molar-refractivity contribution in [2.24, 2.45) is 17.8 Å². The summed E-state index contributed by atoms with van der Waals surface area (Å²) in [7, 11) is -1.77. The fraction of sp³-hybridized carbons (Fsp3) is 0.267. The molecule has 0 aromatic heterocycles. The first kappa shape index (κ1) is 27.5. The van der Waals surface area contributed by atoms with Crippen LogP contribution in [0.25, 0.3) is 0 Å². The highest BCUT2D eigenvalue weighted by Crippen LogP contribution is 2.56. The average molecular weight is 618 g/mol. The molecule has 11 heteroatoms. The Morgan fingerprint density at radius 3 is 2.54 bits per heavy atom. The van der Waals surface area contributed by atoms with Crippen molar-refractivity contribution in [1.82, 2.24) is 0 Å². The van der Waals surface area contributed by atoms with Crippen LogP contribution in [-0.2, 0) is 19.2 Å². The van der Waals surface area contributed by atoms with Gasteiger partial charge in [0.25, 0.3) is 0 Å². The zero-order chi connectivity index (χ0) is 29.0. The molecule has 208 valence electrons. The van der Waals surface area contributed by atoms with Gasteiger partial charge in [-0.05, 0) is 58.4 Å². The summed E-state index contributed by atoms with van der Waals surface area (Å²) in [4.78, 5) is 55.6. The number of anilines is 1. The third-order valence-corrected chi connectivity index (χ3v) is 8.93. The Balaban J connectivity index is 1.47. The molecule has 2 aromatic carbocycles. The third-order valence-electron chi connectivity index (χ3n) is 8.34. The number of rotatable bonds is 6. The number of carbonyl (C=O) groups excluding carboxylic acids is 4. The third kappa shape index (κ3) is 4.44. The number of ketones is 2. The Bertz CT molecular complexity index is 1590. The van der Waals surface area contributed by atoms with Crippen molar-refractivity contribution in [3.8, 4) is 5.75 Å². The smallest absolute Gasteiger partial charge is 0.488 e. The van der Waals surface area contributed by atoms with Crippen LogP contribution >= 0.6 is 15.9 Å². The van der Waals surface area contributed by atoms with E-state index in [1.54, 1.807) is 30.3 Å². The second-order valence-electron chi connectivity index (χ2n) is 10.5. The summed E-state index contributed by atoms with van der Waals surface area (Å²) >= 11 is 3.22. The lowest BCUT2D eigenvalue weighted by Gasteiger charge is -2.42. The Kier molecular flexibility index (Phi) is 7.15. The Hall–Kier alpha value is -3.64. The molecule has 1 fully saturated rings. The fourth-order valence-electron chi connectivity index (χ4n) is 6.65. The minimum atomic E-state index is -1.77. The van der Waals surface area contributed by atoms with Gasteiger partial charge in [-0.15, -0.1) is 0 Å². The number of benzene rings is 2. The standard InChI is InChI=1S/C30H25BBrNO8/c32-22-14-23(35)27-21(28(22)36)13-20-17(25(27)18-6-1-2-7-24(18)41-11-10-34)8-9-19-26(20)30(38)33(29(19)37)16-5-3-4-15(12-16)31(39)40/h1-8,12,14,19-20,25-26,34,39-40H,9-11,13H2/t19-,20+,25+,26-/m0/s1. The largest absolute Gasteiger partial charge is 0.491 e. The highest BCUT2D eigenvalue weighted by atomic mass is 79.9. The number of fused-ring (bicyclic) bond motifs is 3. The summed E-state index contributed by atoms with van der Waals surface area (Å²) in [6.07, 6.45) is 3.57. The molecule has 9 nitrogen and oxygen atoms in total. The van der Waals surface area contributed by atoms with Crippen LogP contribution in [0.15, 0.2) is 81.9 Å². The van der Waals surface area contributed by atoms with Gasteiger partial charge in [-0.1, -0.05) is 42.0 Å². The second-order valence-corrected chi connectivity index (χ2v) is 11.3. The van der Waals surface area contributed by atoms with Crippen LogP contribution in [0.5, 0.6) is 5.75 Å². The Labute approximate surface area is 244 Å². The van der Waals surface area contributed by atoms with Crippen LogP contribution in [0, 0.1) is 17.8 Å². The monoisotopic (exact) mass is 617 g/mol. The van der Waals surface area contributed by atoms with E-state index in [0.717, 1.165) is 10.5 Å². The number of aliphatic hydroxyl groups excluding tert-OH is 1. The van der Waals surface area contributed by atoms with Gasteiger partial charge in [0, 0.05) is 28.7 Å². The summed E-state index contributed by atoms with van der Waals surface area (Å²) in [6, 6.07) is 13.1. The summed E-state index contributed by atoms with van der Waals surface area (Å²) in [5.74, 6) is -3.69. The molecule has 1 aliphatic heterocycles. The van der Waals surface area contributed by atoms with Gasteiger partial charge in [0.05, 0.1) is 28.6 Å². The lowest BCUT2D eigenvalue weighted by Crippen LogP contribution is -2.40. The summed E-state index contributed by atoms with van der Waals surface area (Å²) < 4.78 is 5.96. The van der Waals surface area contributed by atoms with E-state index in [1.807, 2.05) is 12.1 Å². The van der Waals surface area contributed by atoms with E-state index >= 15 is 0 Å². The van der Waals surface area contributed by atoms with Gasteiger partial charge in [-0.2, -0.15) is 0 Å². The van der Waals surface area contributed by atoms with E-state index in [1.165, 1.54) is 18.2 Å². The van der Waals surface area contributed by atoms with Crippen molar-refractivity contribution in [2.75, 3.05) is 18.1 Å². The summed E-state index contributed by atoms with van der Waals surface area (Å²) in [5, 5.41) is 28.6. The minimum Gasteiger partial charge on any atom is -0.491 e. The van der Waals surface area contributed by atoms with Crippen LogP contribution in [0.4, 0.5) is 5.69 Å². The van der Waals surface area contributed by atoms with Crippen molar-refractivity contribution in [3.63, 3.8) is 0 Å². The molecule has 0 unspecified atom stereocenters. The number of nitrogens with zero attached hydrogens (tertiary/aromatic N) is 1. The maximum absolute atomic E-state index is 14.0. The van der Waals surface area contributed by atoms with E-state index in [2.05, 4.69) is 15.9 Å². The lowest BCUT2D eigenvalue weighted by molar-refractivity contribution is -0.123. The molecule has 0 saturated carbocycles. The van der Waals surface area contributed by atoms with Crippen LogP contribution in [-0.4, -0.2) is 58.9 Å². The number of imide groups is 1. The van der Waals surface area contributed by atoms with Gasteiger partial charge in [0.15, 0.2) is 11.6 Å². The molecule has 1 saturated heterocycles. The number of carbonyl (C=O) groups is 4. The fourth-order valence-corrected chi connectivity index (χ4v) is 7.09. The normalized spacial score (nSPS) is 25.4. The van der Waals surface area contributed by atoms with E-state index in [0.29, 0.717) is 22.5 Å². The van der Waals surface area contributed by atoms with Crippen molar-refractivity contribution >= 4 is 57.6 Å². The van der Waals surface area contributed by atoms with E-state index in [9.17, 15) is 34.3 Å². The molecule has 4 aliphatic rings. The van der Waals surface area contributed by atoms with E-state index in [-0.39, 0.29) is 53.3 Å². The molecular weight excluding hydrogens is 593 g/mol. The minimum absolute atomic E-state index is 0.0324. The van der Waals surface area contributed by atoms with Crippen LogP contribution in [0.2, 0.25) is 0 Å². The second kappa shape index (κ2) is 10.6. The molecule has 2 aromatic rings. The van der Waals surface area contributed by atoms with Crippen molar-refractivity contribution in [1.29, 1.82) is 0 Å². The number of ether oxygens (including phenoxy) is 1. The molecule has 6 rings (SSSR count). The first-order valence-corrected chi connectivity index (χ1v) is 14.1. The molecule has 0 radical (unpaired) electrons. The zero-order valence-corrected chi connectivity index (χ0v) is 23.3. The molecule has 3 aliphatic carbocycles. The first-order chi connectivity index (χ1) is 19.7. The molecule has 3 N–H and O–H groups in total. The van der Waals surface area contributed by atoms with Crippen molar-refractivity contribution < 1.29 is 39.1 Å². The number of para-hydroxylation sites is 1. The number of aliphatic hydroxyl groups is 1. The molecule has 1 heterocycles. The zero-order valence-electron chi connectivity index (χ0n) is 21.7. The van der Waals surface area contributed by atoms with Gasteiger partial charge >= 0.3 is 7.12 Å². The highest BCUT2D eigenvalue weighted by Gasteiger charge is 2.57. The first-order valence-electron chi connectivity index (χ1n) is 13.3. The number of amides is 2. The van der Waals surface area contributed by atoms with Crippen molar-refractivity contribution in [2.45, 2.75) is 18.8 Å². The van der Waals surface area contributed by atoms with Crippen molar-refractivity contribution in [3.05, 3.63) is 87.4 Å². The SMILES string of the molecule is O=C1C=C(Br)C(=O)C2=C1[C@@H](c1ccccc1OCCO)C1=CC[C@@H]3C(=O)N(c4cccc(B(O)O)c4)C(=O)[C@@H]3[C@@H]1C2. The number of allylic oxidation sites excluding steroid dienone is 6. The molecule has 4 atom stereocenters. The van der Waals surface area contributed by atoms with Gasteiger partial charge in [-0.25, -0.2) is 0 Å². The van der Waals surface area contributed by atoms with Gasteiger partial charge in [-0.3, -0.25) is 24.1 Å². The number of halogens is 1. The van der Waals surface area contributed by atoms with Crippen LogP contribution < -0.4 is 15.1 Å². The predicted octanol–water partition coefficient (Wildman–Crippen LogP) is 1.70. The Morgan fingerprint density at radius 2 is 1.78 bits per heavy atom. The van der Waals surface area contributed by atoms with Crippen LogP contribution in [0.1, 0.15) is 24.3 Å². The van der Waals surface area contributed by atoms with Gasteiger partial charge in [0.1, 0.15) is 12.4 Å². The topological polar surface area (TPSA) is 141 Å². The maximum Gasteiger partial charge on any atom is 0.488 e. The lowest BCUT2D eigenvalue weighted by atomic mass is 9.59. The summed E-state index contributed by atoms with van der Waals surface area (Å²) in [6.45, 7) is -0.180. The molecule has 0 spiro atoms. The number of Topliss-reactive ketones (excluding diaryl/α,β-unsaturated/α-hetero) is 1. The summed E-state index contributed by atoms with van der Waals surface area (Å²) in [5.41, 5.74) is 2.43. The molecular formula is C30H25BBrNO8. The van der Waals surface area contributed by atoms with Gasteiger partial charge < -0.3 is 19.9 Å². The quantitative estimate of drug-likeness (QED) is 0.193.